The second-order valence-electron chi connectivity index (χ2n) is 12.9. The van der Waals surface area contributed by atoms with Gasteiger partial charge in [-0.05, 0) is 78.9 Å². The smallest absolute Gasteiger partial charge is 0.0659 e. The Bertz CT molecular complexity index is 686. The standard InChI is InChI=1S/C28H48O3/c1-16(2)17(3)7-8-18(4)22-11-12-23-21-10-9-19-13-20(29)14-25(31)28(19,6)26(21)24(30)15-27(22,23)5/h9,16-18,20-26,29-31H,7-8,10-15H2,1-6H3/t17-,18-,20-,21+,22-,23+,24-,25+,26-,27-,28-/m1/s1. The van der Waals surface area contributed by atoms with E-state index in [0.717, 1.165) is 24.7 Å². The fourth-order valence-corrected chi connectivity index (χ4v) is 8.85. The van der Waals surface area contributed by atoms with E-state index in [-0.39, 0.29) is 22.9 Å². The molecule has 0 radical (unpaired) electrons. The summed E-state index contributed by atoms with van der Waals surface area (Å²) in [6.07, 6.45) is 9.17. The summed E-state index contributed by atoms with van der Waals surface area (Å²) >= 11 is 0. The van der Waals surface area contributed by atoms with Gasteiger partial charge in [0.05, 0.1) is 18.3 Å². The summed E-state index contributed by atoms with van der Waals surface area (Å²) in [7, 11) is 0. The molecule has 0 amide bonds. The average Bonchev–Trinajstić information content (AvgIpc) is 3.03. The van der Waals surface area contributed by atoms with Gasteiger partial charge in [0.25, 0.3) is 0 Å². The third-order valence-corrected chi connectivity index (χ3v) is 11.1. The Labute approximate surface area is 190 Å². The first-order chi connectivity index (χ1) is 14.5. The molecule has 4 aliphatic rings. The van der Waals surface area contributed by atoms with Crippen LogP contribution in [0.25, 0.3) is 0 Å². The quantitative estimate of drug-likeness (QED) is 0.497. The van der Waals surface area contributed by atoms with Crippen molar-refractivity contribution in [2.75, 3.05) is 0 Å². The molecular weight excluding hydrogens is 384 g/mol. The Morgan fingerprint density at radius 3 is 2.42 bits per heavy atom. The van der Waals surface area contributed by atoms with Crippen LogP contribution in [0.4, 0.5) is 0 Å². The van der Waals surface area contributed by atoms with Crippen LogP contribution in [0.2, 0.25) is 0 Å². The summed E-state index contributed by atoms with van der Waals surface area (Å²) in [5.74, 6) is 4.16. The lowest BCUT2D eigenvalue weighted by Gasteiger charge is -2.61. The highest BCUT2D eigenvalue weighted by molar-refractivity contribution is 5.28. The minimum atomic E-state index is -0.553. The highest BCUT2D eigenvalue weighted by atomic mass is 16.3. The van der Waals surface area contributed by atoms with E-state index in [1.54, 1.807) is 0 Å². The number of aliphatic hydroxyl groups is 3. The zero-order valence-electron chi connectivity index (χ0n) is 20.8. The summed E-state index contributed by atoms with van der Waals surface area (Å²) in [4.78, 5) is 0. The van der Waals surface area contributed by atoms with E-state index in [2.05, 4.69) is 47.6 Å². The van der Waals surface area contributed by atoms with Crippen LogP contribution in [0.1, 0.15) is 92.9 Å². The Morgan fingerprint density at radius 1 is 1.03 bits per heavy atom. The second kappa shape index (κ2) is 8.44. The molecule has 0 aromatic carbocycles. The van der Waals surface area contributed by atoms with Crippen molar-refractivity contribution in [3.05, 3.63) is 11.6 Å². The molecule has 3 heteroatoms. The molecule has 0 heterocycles. The maximum atomic E-state index is 11.6. The van der Waals surface area contributed by atoms with E-state index in [1.165, 1.54) is 31.3 Å². The number of rotatable bonds is 5. The van der Waals surface area contributed by atoms with Gasteiger partial charge in [-0.1, -0.05) is 66.0 Å². The third-order valence-electron chi connectivity index (χ3n) is 11.1. The van der Waals surface area contributed by atoms with Crippen molar-refractivity contribution in [3.63, 3.8) is 0 Å². The normalized spacial score (nSPS) is 49.1. The van der Waals surface area contributed by atoms with Gasteiger partial charge < -0.3 is 15.3 Å². The third kappa shape index (κ3) is 3.75. The topological polar surface area (TPSA) is 60.7 Å². The molecule has 0 bridgehead atoms. The summed E-state index contributed by atoms with van der Waals surface area (Å²) in [6.45, 7) is 14.2. The molecule has 0 aromatic rings. The summed E-state index contributed by atoms with van der Waals surface area (Å²) in [6, 6.07) is 0. The molecule has 3 saturated carbocycles. The number of fused-ring (bicyclic) bond motifs is 5. The summed E-state index contributed by atoms with van der Waals surface area (Å²) in [5.41, 5.74) is 1.04. The molecule has 11 atom stereocenters. The molecule has 3 N–H and O–H groups in total. The van der Waals surface area contributed by atoms with Crippen LogP contribution in [-0.2, 0) is 0 Å². The van der Waals surface area contributed by atoms with E-state index in [1.807, 2.05) is 0 Å². The molecule has 178 valence electrons. The van der Waals surface area contributed by atoms with Crippen LogP contribution in [0.5, 0.6) is 0 Å². The van der Waals surface area contributed by atoms with Gasteiger partial charge in [0, 0.05) is 11.8 Å². The van der Waals surface area contributed by atoms with E-state index in [4.69, 9.17) is 0 Å². The number of allylic oxidation sites excluding steroid dienone is 1. The number of hydrogen-bond acceptors (Lipinski definition) is 3. The van der Waals surface area contributed by atoms with E-state index in [0.29, 0.717) is 36.5 Å². The number of hydrogen-bond donors (Lipinski definition) is 3. The Kier molecular flexibility index (Phi) is 6.47. The van der Waals surface area contributed by atoms with Gasteiger partial charge in [0.15, 0.2) is 0 Å². The minimum Gasteiger partial charge on any atom is -0.393 e. The van der Waals surface area contributed by atoms with Gasteiger partial charge in [-0.25, -0.2) is 0 Å². The highest BCUT2D eigenvalue weighted by Gasteiger charge is 2.63. The van der Waals surface area contributed by atoms with E-state index in [9.17, 15) is 15.3 Å². The Balaban J connectivity index is 1.56. The zero-order valence-corrected chi connectivity index (χ0v) is 20.8. The van der Waals surface area contributed by atoms with Crippen molar-refractivity contribution < 1.29 is 15.3 Å². The summed E-state index contributed by atoms with van der Waals surface area (Å²) < 4.78 is 0. The van der Waals surface area contributed by atoms with Crippen molar-refractivity contribution in [2.24, 2.45) is 52.3 Å². The van der Waals surface area contributed by atoms with Crippen LogP contribution >= 0.6 is 0 Å². The van der Waals surface area contributed by atoms with Crippen molar-refractivity contribution in [1.29, 1.82) is 0 Å². The van der Waals surface area contributed by atoms with Crippen molar-refractivity contribution >= 4 is 0 Å². The van der Waals surface area contributed by atoms with Crippen molar-refractivity contribution in [2.45, 2.75) is 111 Å². The maximum Gasteiger partial charge on any atom is 0.0659 e. The van der Waals surface area contributed by atoms with Gasteiger partial charge in [0.2, 0.25) is 0 Å². The average molecular weight is 433 g/mol. The molecule has 0 aromatic heterocycles. The van der Waals surface area contributed by atoms with Gasteiger partial charge in [-0.2, -0.15) is 0 Å². The lowest BCUT2D eigenvalue weighted by Crippen LogP contribution is -2.60. The monoisotopic (exact) mass is 432 g/mol. The van der Waals surface area contributed by atoms with Crippen LogP contribution < -0.4 is 0 Å². The molecule has 4 rings (SSSR count). The predicted octanol–water partition coefficient (Wildman–Crippen LogP) is 5.58. The predicted molar refractivity (Wildman–Crippen MR) is 126 cm³/mol. The Morgan fingerprint density at radius 2 is 1.74 bits per heavy atom. The summed E-state index contributed by atoms with van der Waals surface area (Å²) in [5, 5.41) is 32.9. The largest absolute Gasteiger partial charge is 0.393 e. The number of aliphatic hydroxyl groups excluding tert-OH is 3. The SMILES string of the molecule is CC(C)[C@H](C)CC[C@@H](C)[C@H]1CC[C@H]2[C@@H]3CC=C4C[C@@H](O)C[C@H](O)[C@]4(C)[C@H]3[C@H](O)C[C@]12C. The molecule has 3 nitrogen and oxygen atoms in total. The lowest BCUT2D eigenvalue weighted by molar-refractivity contribution is -0.159. The molecule has 3 fully saturated rings. The molecule has 31 heavy (non-hydrogen) atoms. The zero-order chi connectivity index (χ0) is 22.7. The maximum absolute atomic E-state index is 11.6. The highest BCUT2D eigenvalue weighted by Crippen LogP contribution is 2.67. The molecule has 4 aliphatic carbocycles. The first-order valence-corrected chi connectivity index (χ1v) is 13.2. The van der Waals surface area contributed by atoms with Gasteiger partial charge >= 0.3 is 0 Å². The van der Waals surface area contributed by atoms with Crippen LogP contribution in [0.15, 0.2) is 11.6 Å². The Hall–Kier alpha value is -0.380. The molecule has 0 unspecified atom stereocenters. The van der Waals surface area contributed by atoms with Crippen molar-refractivity contribution in [3.8, 4) is 0 Å². The first-order valence-electron chi connectivity index (χ1n) is 13.2. The first kappa shape index (κ1) is 23.8. The van der Waals surface area contributed by atoms with Gasteiger partial charge in [0.1, 0.15) is 0 Å². The minimum absolute atomic E-state index is 0.128. The second-order valence-corrected chi connectivity index (χ2v) is 12.9. The van der Waals surface area contributed by atoms with Crippen LogP contribution in [-0.4, -0.2) is 33.6 Å². The van der Waals surface area contributed by atoms with E-state index >= 15 is 0 Å². The fourth-order valence-electron chi connectivity index (χ4n) is 8.85. The fraction of sp³-hybridized carbons (Fsp3) is 0.929. The van der Waals surface area contributed by atoms with E-state index < -0.39 is 12.2 Å². The molecule has 0 saturated heterocycles. The molecule has 0 aliphatic heterocycles. The lowest BCUT2D eigenvalue weighted by atomic mass is 9.45. The van der Waals surface area contributed by atoms with Gasteiger partial charge in [-0.3, -0.25) is 0 Å². The van der Waals surface area contributed by atoms with Crippen LogP contribution in [0.3, 0.4) is 0 Å². The van der Waals surface area contributed by atoms with Crippen molar-refractivity contribution in [1.82, 2.24) is 0 Å². The molecular formula is C28H48O3. The van der Waals surface area contributed by atoms with Crippen LogP contribution in [0, 0.1) is 52.3 Å². The van der Waals surface area contributed by atoms with Gasteiger partial charge in [-0.15, -0.1) is 0 Å². The molecule has 0 spiro atoms.